The summed E-state index contributed by atoms with van der Waals surface area (Å²) < 4.78 is 5.62. The Kier molecular flexibility index (Phi) is 3.78. The van der Waals surface area contributed by atoms with Crippen LogP contribution in [-0.4, -0.2) is 35.0 Å². The van der Waals surface area contributed by atoms with Crippen molar-refractivity contribution >= 4 is 23.3 Å². The summed E-state index contributed by atoms with van der Waals surface area (Å²) in [6.45, 7) is 1.25. The zero-order valence-corrected chi connectivity index (χ0v) is 11.6. The van der Waals surface area contributed by atoms with Crippen molar-refractivity contribution in [3.05, 3.63) is 53.5 Å². The van der Waals surface area contributed by atoms with Crippen molar-refractivity contribution in [1.29, 1.82) is 0 Å². The van der Waals surface area contributed by atoms with Crippen molar-refractivity contribution in [3.63, 3.8) is 0 Å². The Morgan fingerprint density at radius 1 is 1.35 bits per heavy atom. The van der Waals surface area contributed by atoms with E-state index in [1.807, 2.05) is 41.8 Å². The van der Waals surface area contributed by atoms with Crippen molar-refractivity contribution in [3.8, 4) is 5.19 Å². The third kappa shape index (κ3) is 3.05. The summed E-state index contributed by atoms with van der Waals surface area (Å²) in [4.78, 5) is 17.7. The van der Waals surface area contributed by atoms with Crippen LogP contribution in [0.1, 0.15) is 5.56 Å². The van der Waals surface area contributed by atoms with Crippen LogP contribution in [0.15, 0.2) is 48.0 Å². The second kappa shape index (κ2) is 5.88. The van der Waals surface area contributed by atoms with E-state index >= 15 is 0 Å². The topological polar surface area (TPSA) is 42.4 Å². The number of aromatic nitrogens is 1. The van der Waals surface area contributed by atoms with Gasteiger partial charge in [0.15, 0.2) is 0 Å². The van der Waals surface area contributed by atoms with Crippen molar-refractivity contribution in [2.75, 3.05) is 13.1 Å². The molecule has 102 valence electrons. The number of thiazole rings is 1. The Morgan fingerprint density at radius 3 is 2.85 bits per heavy atom. The average molecular weight is 286 g/mol. The number of hydrogen-bond acceptors (Lipinski definition) is 4. The van der Waals surface area contributed by atoms with Crippen LogP contribution in [0.5, 0.6) is 5.19 Å². The van der Waals surface area contributed by atoms with Gasteiger partial charge in [-0.3, -0.25) is 4.79 Å². The van der Waals surface area contributed by atoms with E-state index < -0.39 is 0 Å². The third-order valence-corrected chi connectivity index (χ3v) is 3.72. The molecule has 0 spiro atoms. The summed E-state index contributed by atoms with van der Waals surface area (Å²) in [6.07, 6.45) is 5.21. The van der Waals surface area contributed by atoms with Gasteiger partial charge in [0.1, 0.15) is 6.10 Å². The fourth-order valence-electron chi connectivity index (χ4n) is 1.94. The zero-order chi connectivity index (χ0) is 13.8. The van der Waals surface area contributed by atoms with E-state index in [1.165, 1.54) is 11.3 Å². The second-order valence-corrected chi connectivity index (χ2v) is 5.38. The highest BCUT2D eigenvalue weighted by molar-refractivity contribution is 7.11. The molecule has 2 aromatic rings. The predicted octanol–water partition coefficient (Wildman–Crippen LogP) is 2.45. The van der Waals surface area contributed by atoms with Crippen molar-refractivity contribution in [2.24, 2.45) is 0 Å². The number of likely N-dealkylation sites (tertiary alicyclic amines) is 1. The molecule has 0 atom stereocenters. The van der Waals surface area contributed by atoms with Gasteiger partial charge in [0.2, 0.25) is 5.91 Å². The molecule has 5 heteroatoms. The molecule has 3 rings (SSSR count). The molecule has 4 nitrogen and oxygen atoms in total. The van der Waals surface area contributed by atoms with Gasteiger partial charge in [0, 0.05) is 17.7 Å². The first kappa shape index (κ1) is 12.9. The minimum Gasteiger partial charge on any atom is -0.463 e. The molecule has 0 aliphatic carbocycles. The van der Waals surface area contributed by atoms with E-state index in [-0.39, 0.29) is 12.0 Å². The highest BCUT2D eigenvalue weighted by Crippen LogP contribution is 2.20. The van der Waals surface area contributed by atoms with Gasteiger partial charge in [-0.15, -0.1) is 0 Å². The summed E-state index contributed by atoms with van der Waals surface area (Å²) in [5.41, 5.74) is 1.02. The van der Waals surface area contributed by atoms with Crippen LogP contribution in [-0.2, 0) is 4.79 Å². The summed E-state index contributed by atoms with van der Waals surface area (Å²) in [5.74, 6) is 0.0211. The van der Waals surface area contributed by atoms with Gasteiger partial charge in [-0.25, -0.2) is 4.98 Å². The fraction of sp³-hybridized carbons (Fsp3) is 0.200. The molecule has 0 N–H and O–H groups in total. The van der Waals surface area contributed by atoms with Gasteiger partial charge in [0.25, 0.3) is 5.19 Å². The minimum atomic E-state index is 0.0211. The number of carbonyl (C=O) groups is 1. The summed E-state index contributed by atoms with van der Waals surface area (Å²) in [5, 5.41) is 2.54. The SMILES string of the molecule is O=C(/C=C/c1ccccc1)N1CC(Oc2nccs2)C1. The lowest BCUT2D eigenvalue weighted by atomic mass is 10.1. The molecule has 1 aliphatic heterocycles. The van der Waals surface area contributed by atoms with E-state index in [2.05, 4.69) is 4.98 Å². The number of hydrogen-bond donors (Lipinski definition) is 0. The van der Waals surface area contributed by atoms with E-state index in [4.69, 9.17) is 4.74 Å². The molecule has 1 fully saturated rings. The normalized spacial score (nSPS) is 15.3. The third-order valence-electron chi connectivity index (χ3n) is 3.05. The van der Waals surface area contributed by atoms with E-state index in [0.717, 1.165) is 5.56 Å². The molecule has 20 heavy (non-hydrogen) atoms. The lowest BCUT2D eigenvalue weighted by molar-refractivity contribution is -0.134. The first-order valence-electron chi connectivity index (χ1n) is 6.39. The molecule has 1 amide bonds. The fourth-order valence-corrected chi connectivity index (χ4v) is 2.49. The molecule has 1 aromatic carbocycles. The Hall–Kier alpha value is -2.14. The molecular formula is C15H14N2O2S. The Balaban J connectivity index is 1.47. The quantitative estimate of drug-likeness (QED) is 0.811. The van der Waals surface area contributed by atoms with Crippen LogP contribution in [0.2, 0.25) is 0 Å². The summed E-state index contributed by atoms with van der Waals surface area (Å²) in [7, 11) is 0. The van der Waals surface area contributed by atoms with Crippen LogP contribution < -0.4 is 4.74 Å². The maximum absolute atomic E-state index is 11.9. The Morgan fingerprint density at radius 2 is 2.15 bits per heavy atom. The van der Waals surface area contributed by atoms with Gasteiger partial charge in [-0.1, -0.05) is 41.7 Å². The Labute approximate surface area is 121 Å². The van der Waals surface area contributed by atoms with Crippen LogP contribution in [0.3, 0.4) is 0 Å². The maximum Gasteiger partial charge on any atom is 0.273 e. The molecule has 2 heterocycles. The first-order valence-corrected chi connectivity index (χ1v) is 7.27. The molecule has 0 unspecified atom stereocenters. The van der Waals surface area contributed by atoms with Crippen LogP contribution in [0.4, 0.5) is 0 Å². The molecule has 1 saturated heterocycles. The number of nitrogens with zero attached hydrogens (tertiary/aromatic N) is 2. The summed E-state index contributed by atoms with van der Waals surface area (Å²) >= 11 is 1.47. The van der Waals surface area contributed by atoms with Crippen molar-refractivity contribution in [1.82, 2.24) is 9.88 Å². The molecule has 1 aromatic heterocycles. The smallest absolute Gasteiger partial charge is 0.273 e. The molecule has 0 saturated carbocycles. The first-order chi connectivity index (χ1) is 9.81. The van der Waals surface area contributed by atoms with E-state index in [9.17, 15) is 4.79 Å². The second-order valence-electron chi connectivity index (χ2n) is 4.53. The van der Waals surface area contributed by atoms with Gasteiger partial charge in [-0.2, -0.15) is 0 Å². The number of carbonyl (C=O) groups excluding carboxylic acids is 1. The zero-order valence-electron chi connectivity index (χ0n) is 10.8. The Bertz CT molecular complexity index is 590. The van der Waals surface area contributed by atoms with Gasteiger partial charge in [0.05, 0.1) is 13.1 Å². The number of ether oxygens (including phenoxy) is 1. The minimum absolute atomic E-state index is 0.0211. The number of amides is 1. The molecule has 0 radical (unpaired) electrons. The van der Waals surface area contributed by atoms with E-state index in [0.29, 0.717) is 18.3 Å². The standard InChI is InChI=1S/C15H14N2O2S/c18-14(7-6-12-4-2-1-3-5-12)17-10-13(11-17)19-15-16-8-9-20-15/h1-9,13H,10-11H2/b7-6+. The van der Waals surface area contributed by atoms with Gasteiger partial charge < -0.3 is 9.64 Å². The van der Waals surface area contributed by atoms with Gasteiger partial charge >= 0.3 is 0 Å². The van der Waals surface area contributed by atoms with Crippen molar-refractivity contribution in [2.45, 2.75) is 6.10 Å². The number of benzene rings is 1. The highest BCUT2D eigenvalue weighted by atomic mass is 32.1. The van der Waals surface area contributed by atoms with Crippen LogP contribution >= 0.6 is 11.3 Å². The number of rotatable bonds is 4. The maximum atomic E-state index is 11.9. The molecule has 0 bridgehead atoms. The largest absolute Gasteiger partial charge is 0.463 e. The van der Waals surface area contributed by atoms with Crippen molar-refractivity contribution < 1.29 is 9.53 Å². The van der Waals surface area contributed by atoms with Crippen LogP contribution in [0.25, 0.3) is 6.08 Å². The highest BCUT2D eigenvalue weighted by Gasteiger charge is 2.31. The summed E-state index contributed by atoms with van der Waals surface area (Å²) in [6, 6.07) is 9.79. The lowest BCUT2D eigenvalue weighted by Crippen LogP contribution is -2.55. The average Bonchev–Trinajstić information content (AvgIpc) is 2.94. The lowest BCUT2D eigenvalue weighted by Gasteiger charge is -2.37. The predicted molar refractivity (Wildman–Crippen MR) is 78.6 cm³/mol. The molecule has 1 aliphatic rings. The van der Waals surface area contributed by atoms with Crippen LogP contribution in [0, 0.1) is 0 Å². The van der Waals surface area contributed by atoms with Gasteiger partial charge in [-0.05, 0) is 11.6 Å². The van der Waals surface area contributed by atoms with E-state index in [1.54, 1.807) is 17.2 Å². The monoisotopic (exact) mass is 286 g/mol. The molecular weight excluding hydrogens is 272 g/mol.